The van der Waals surface area contributed by atoms with E-state index in [1.54, 1.807) is 4.90 Å². The zero-order valence-corrected chi connectivity index (χ0v) is 16.6. The summed E-state index contributed by atoms with van der Waals surface area (Å²) in [7, 11) is 0. The molecule has 0 bridgehead atoms. The van der Waals surface area contributed by atoms with Crippen LogP contribution in [0.15, 0.2) is 42.5 Å². The van der Waals surface area contributed by atoms with Gasteiger partial charge in [0.05, 0.1) is 0 Å². The molecule has 0 saturated carbocycles. The zero-order valence-electron chi connectivity index (χ0n) is 16.6. The summed E-state index contributed by atoms with van der Waals surface area (Å²) < 4.78 is 15.3. The number of halogens is 1. The Morgan fingerprint density at radius 3 is 2.66 bits per heavy atom. The van der Waals surface area contributed by atoms with Crippen LogP contribution in [0.25, 0.3) is 16.7 Å². The predicted octanol–water partition coefficient (Wildman–Crippen LogP) is 4.41. The number of benzene rings is 2. The van der Waals surface area contributed by atoms with Gasteiger partial charge in [0.15, 0.2) is 0 Å². The number of fused-ring (bicyclic) bond motifs is 2. The van der Waals surface area contributed by atoms with E-state index in [4.69, 9.17) is 5.73 Å². The second kappa shape index (κ2) is 6.99. The second-order valence-corrected chi connectivity index (χ2v) is 7.72. The molecule has 2 aromatic carbocycles. The van der Waals surface area contributed by atoms with Crippen LogP contribution in [0.5, 0.6) is 0 Å². The number of primary amides is 1. The Bertz CT molecular complexity index is 1110. The van der Waals surface area contributed by atoms with E-state index in [1.165, 1.54) is 12.1 Å². The van der Waals surface area contributed by atoms with Gasteiger partial charge in [-0.2, -0.15) is 0 Å². The lowest BCUT2D eigenvalue weighted by molar-refractivity contribution is -0.114. The zero-order chi connectivity index (χ0) is 20.9. The minimum atomic E-state index is -0.623. The van der Waals surface area contributed by atoms with Crippen molar-refractivity contribution in [3.8, 4) is 11.1 Å². The number of anilines is 1. The highest BCUT2D eigenvalue weighted by Gasteiger charge is 2.29. The molecule has 0 saturated heterocycles. The minimum Gasteiger partial charge on any atom is -0.366 e. The number of allylic oxidation sites excluding steroid dienone is 2. The Labute approximate surface area is 169 Å². The van der Waals surface area contributed by atoms with Gasteiger partial charge in [-0.1, -0.05) is 24.3 Å². The number of aryl methyl sites for hydroxylation is 1. The number of hydrogen-bond donors (Lipinski definition) is 1. The Morgan fingerprint density at radius 1 is 1.21 bits per heavy atom. The fourth-order valence-electron chi connectivity index (χ4n) is 4.47. The molecule has 0 aromatic heterocycles. The van der Waals surface area contributed by atoms with E-state index < -0.39 is 11.7 Å². The SMILES string of the molecule is C=CC(=O)N1CCCc2ccc(-c3c(F)cc(C(N)=O)c4c3C(C)=C(C)C4)cc21. The van der Waals surface area contributed by atoms with Gasteiger partial charge < -0.3 is 10.6 Å². The molecule has 0 atom stereocenters. The van der Waals surface area contributed by atoms with Crippen LogP contribution in [-0.4, -0.2) is 18.4 Å². The third kappa shape index (κ3) is 2.97. The van der Waals surface area contributed by atoms with Crippen molar-refractivity contribution in [1.29, 1.82) is 0 Å². The lowest BCUT2D eigenvalue weighted by Crippen LogP contribution is -2.34. The lowest BCUT2D eigenvalue weighted by Gasteiger charge is -2.29. The number of carbonyl (C=O) groups is 2. The summed E-state index contributed by atoms with van der Waals surface area (Å²) in [4.78, 5) is 25.9. The first-order chi connectivity index (χ1) is 13.8. The Kier molecular flexibility index (Phi) is 4.61. The van der Waals surface area contributed by atoms with Gasteiger partial charge in [-0.15, -0.1) is 0 Å². The van der Waals surface area contributed by atoms with E-state index in [9.17, 15) is 9.59 Å². The smallest absolute Gasteiger partial charge is 0.250 e. The molecule has 1 aliphatic heterocycles. The molecule has 4 nitrogen and oxygen atoms in total. The minimum absolute atomic E-state index is 0.162. The van der Waals surface area contributed by atoms with Gasteiger partial charge in [0.25, 0.3) is 0 Å². The highest BCUT2D eigenvalue weighted by molar-refractivity contribution is 6.03. The quantitative estimate of drug-likeness (QED) is 0.789. The normalized spacial score (nSPS) is 15.2. The van der Waals surface area contributed by atoms with Gasteiger partial charge in [0.2, 0.25) is 11.8 Å². The first-order valence-corrected chi connectivity index (χ1v) is 9.72. The molecule has 2 amide bonds. The summed E-state index contributed by atoms with van der Waals surface area (Å²) in [5.74, 6) is -1.27. The molecule has 29 heavy (non-hydrogen) atoms. The van der Waals surface area contributed by atoms with Gasteiger partial charge in [0.1, 0.15) is 5.82 Å². The molecule has 0 fully saturated rings. The van der Waals surface area contributed by atoms with Crippen LogP contribution in [0.4, 0.5) is 10.1 Å². The average Bonchev–Trinajstić information content (AvgIpc) is 3.00. The topological polar surface area (TPSA) is 63.4 Å². The fraction of sp³-hybridized carbons (Fsp3) is 0.250. The van der Waals surface area contributed by atoms with Crippen LogP contribution < -0.4 is 10.6 Å². The third-order valence-electron chi connectivity index (χ3n) is 6.04. The Hall–Kier alpha value is -3.21. The maximum Gasteiger partial charge on any atom is 0.250 e. The molecule has 5 heteroatoms. The van der Waals surface area contributed by atoms with E-state index in [0.29, 0.717) is 24.1 Å². The lowest BCUT2D eigenvalue weighted by atomic mass is 9.88. The predicted molar refractivity (Wildman–Crippen MR) is 113 cm³/mol. The van der Waals surface area contributed by atoms with Gasteiger partial charge in [-0.05, 0) is 79.1 Å². The Morgan fingerprint density at radius 2 is 1.97 bits per heavy atom. The molecule has 1 heterocycles. The van der Waals surface area contributed by atoms with Crippen LogP contribution in [0, 0.1) is 5.82 Å². The van der Waals surface area contributed by atoms with Gasteiger partial charge in [-0.3, -0.25) is 9.59 Å². The molecule has 0 spiro atoms. The molecule has 2 N–H and O–H groups in total. The maximum absolute atomic E-state index is 15.3. The van der Waals surface area contributed by atoms with E-state index in [2.05, 4.69) is 6.58 Å². The monoisotopic (exact) mass is 390 g/mol. The van der Waals surface area contributed by atoms with Crippen LogP contribution >= 0.6 is 0 Å². The van der Waals surface area contributed by atoms with E-state index in [1.807, 2.05) is 32.0 Å². The summed E-state index contributed by atoms with van der Waals surface area (Å²) in [5.41, 5.74) is 12.3. The molecule has 0 unspecified atom stereocenters. The van der Waals surface area contributed by atoms with Crippen molar-refractivity contribution in [1.82, 2.24) is 0 Å². The van der Waals surface area contributed by atoms with E-state index in [-0.39, 0.29) is 11.5 Å². The van der Waals surface area contributed by atoms with Crippen molar-refractivity contribution >= 4 is 23.1 Å². The summed E-state index contributed by atoms with van der Waals surface area (Å²) in [6.45, 7) is 8.14. The highest BCUT2D eigenvalue weighted by atomic mass is 19.1. The Balaban J connectivity index is 1.96. The summed E-state index contributed by atoms with van der Waals surface area (Å²) in [6, 6.07) is 6.97. The number of rotatable bonds is 3. The standard InChI is InChI=1S/C24H23FN2O2/c1-4-21(28)27-9-5-6-15-7-8-16(11-20(15)27)23-19(25)12-18(24(26)29)17-10-13(2)14(3)22(17)23/h4,7-8,11-12H,1,5-6,9-10H2,2-3H3,(H2,26,29). The number of carbonyl (C=O) groups excluding carboxylic acids is 2. The van der Waals surface area contributed by atoms with Crippen LogP contribution in [0.3, 0.4) is 0 Å². The van der Waals surface area contributed by atoms with Crippen molar-refractivity contribution in [2.45, 2.75) is 33.1 Å². The summed E-state index contributed by atoms with van der Waals surface area (Å²) >= 11 is 0. The van der Waals surface area contributed by atoms with Gasteiger partial charge in [-0.25, -0.2) is 4.39 Å². The van der Waals surface area contributed by atoms with Crippen molar-refractivity contribution in [3.63, 3.8) is 0 Å². The summed E-state index contributed by atoms with van der Waals surface area (Å²) in [5, 5.41) is 0. The third-order valence-corrected chi connectivity index (χ3v) is 6.04. The van der Waals surface area contributed by atoms with Gasteiger partial charge >= 0.3 is 0 Å². The number of amides is 2. The first-order valence-electron chi connectivity index (χ1n) is 9.72. The molecular formula is C24H23FN2O2. The van der Waals surface area contributed by atoms with E-state index >= 15 is 4.39 Å². The van der Waals surface area contributed by atoms with Gasteiger partial charge in [0, 0.05) is 23.4 Å². The molecule has 148 valence electrons. The average molecular weight is 390 g/mol. The fourth-order valence-corrected chi connectivity index (χ4v) is 4.47. The molecule has 2 aliphatic rings. The molecular weight excluding hydrogens is 367 g/mol. The molecule has 4 rings (SSSR count). The molecule has 1 aliphatic carbocycles. The van der Waals surface area contributed by atoms with Crippen molar-refractivity contribution in [3.05, 3.63) is 70.6 Å². The van der Waals surface area contributed by atoms with Crippen molar-refractivity contribution in [2.24, 2.45) is 5.73 Å². The number of nitrogens with zero attached hydrogens (tertiary/aromatic N) is 1. The second-order valence-electron chi connectivity index (χ2n) is 7.72. The summed E-state index contributed by atoms with van der Waals surface area (Å²) in [6.07, 6.45) is 3.64. The number of hydrogen-bond acceptors (Lipinski definition) is 2. The van der Waals surface area contributed by atoms with Crippen LogP contribution in [0.2, 0.25) is 0 Å². The molecule has 0 radical (unpaired) electrons. The largest absolute Gasteiger partial charge is 0.366 e. The van der Waals surface area contributed by atoms with Crippen molar-refractivity contribution < 1.29 is 14.0 Å². The number of nitrogens with two attached hydrogens (primary N) is 1. The molecule has 2 aromatic rings. The van der Waals surface area contributed by atoms with Crippen LogP contribution in [-0.2, 0) is 17.6 Å². The van der Waals surface area contributed by atoms with Crippen LogP contribution in [0.1, 0.15) is 47.3 Å². The first kappa shape index (κ1) is 19.1. The van der Waals surface area contributed by atoms with Crippen molar-refractivity contribution in [2.75, 3.05) is 11.4 Å². The van der Waals surface area contributed by atoms with E-state index in [0.717, 1.165) is 46.4 Å². The maximum atomic E-state index is 15.3. The highest BCUT2D eigenvalue weighted by Crippen LogP contribution is 2.44.